The maximum absolute atomic E-state index is 11.7. The normalized spacial score (nSPS) is 12.6. The molecule has 0 heterocycles. The molecule has 0 aromatic carbocycles. The summed E-state index contributed by atoms with van der Waals surface area (Å²) in [5.41, 5.74) is 9.68. The van der Waals surface area contributed by atoms with Crippen LogP contribution in [-0.4, -0.2) is 35.5 Å². The maximum Gasteiger partial charge on any atom is 0.326 e. The third-order valence-electron chi connectivity index (χ3n) is 2.23. The van der Waals surface area contributed by atoms with Crippen LogP contribution in [-0.2, 0) is 9.59 Å². The van der Waals surface area contributed by atoms with Gasteiger partial charge in [-0.05, 0) is 12.8 Å². The van der Waals surface area contributed by atoms with Gasteiger partial charge in [0.15, 0.2) is 5.96 Å². The zero-order valence-electron chi connectivity index (χ0n) is 11.1. The molecule has 0 bridgehead atoms. The van der Waals surface area contributed by atoms with Crippen LogP contribution in [0, 0.1) is 5.41 Å². The first kappa shape index (κ1) is 16.2. The summed E-state index contributed by atoms with van der Waals surface area (Å²) >= 11 is 0. The molecule has 7 nitrogen and oxygen atoms in total. The minimum atomic E-state index is -1.06. The minimum Gasteiger partial charge on any atom is -0.480 e. The van der Waals surface area contributed by atoms with Crippen LogP contribution < -0.4 is 16.8 Å². The second kappa shape index (κ2) is 6.83. The van der Waals surface area contributed by atoms with Crippen molar-refractivity contribution >= 4 is 17.8 Å². The molecule has 1 unspecified atom stereocenters. The first-order chi connectivity index (χ1) is 8.14. The van der Waals surface area contributed by atoms with Gasteiger partial charge in [0.2, 0.25) is 5.91 Å². The Kier molecular flexibility index (Phi) is 6.15. The Hall–Kier alpha value is -1.79. The fourth-order valence-electron chi connectivity index (χ4n) is 1.14. The van der Waals surface area contributed by atoms with Crippen LogP contribution in [0.1, 0.15) is 33.6 Å². The molecule has 1 atom stereocenters. The number of aliphatic carboxylic acids is 1. The summed E-state index contributed by atoms with van der Waals surface area (Å²) in [6, 6.07) is -0.911. The number of carbonyl (C=O) groups excluding carboxylic acids is 1. The topological polar surface area (TPSA) is 131 Å². The fourth-order valence-corrected chi connectivity index (χ4v) is 1.14. The van der Waals surface area contributed by atoms with Crippen molar-refractivity contribution in [3.8, 4) is 0 Å². The van der Waals surface area contributed by atoms with Crippen molar-refractivity contribution in [3.05, 3.63) is 0 Å². The van der Waals surface area contributed by atoms with Crippen LogP contribution in [0.15, 0.2) is 4.99 Å². The smallest absolute Gasteiger partial charge is 0.326 e. The molecule has 18 heavy (non-hydrogen) atoms. The standard InChI is InChI=1S/C11H22N4O3/c1-11(2,3)9(18)15-7(8(16)17)5-4-6-14-10(12)13/h7H,4-6H2,1-3H3,(H,15,18)(H,16,17)(H4,12,13,14). The number of hydrogen-bond acceptors (Lipinski definition) is 3. The van der Waals surface area contributed by atoms with E-state index in [9.17, 15) is 9.59 Å². The van der Waals surface area contributed by atoms with Crippen LogP contribution >= 0.6 is 0 Å². The largest absolute Gasteiger partial charge is 0.480 e. The number of nitrogens with two attached hydrogens (primary N) is 2. The number of carbonyl (C=O) groups is 2. The average molecular weight is 258 g/mol. The van der Waals surface area contributed by atoms with Crippen molar-refractivity contribution in [3.63, 3.8) is 0 Å². The number of nitrogens with zero attached hydrogens (tertiary/aromatic N) is 1. The molecule has 0 aliphatic heterocycles. The lowest BCUT2D eigenvalue weighted by Crippen LogP contribution is -2.45. The van der Waals surface area contributed by atoms with E-state index >= 15 is 0 Å². The second-order valence-electron chi connectivity index (χ2n) is 5.06. The van der Waals surface area contributed by atoms with Crippen molar-refractivity contribution in [2.45, 2.75) is 39.7 Å². The Morgan fingerprint density at radius 3 is 2.28 bits per heavy atom. The van der Waals surface area contributed by atoms with Crippen molar-refractivity contribution < 1.29 is 14.7 Å². The number of hydrogen-bond donors (Lipinski definition) is 4. The molecule has 1 amide bonds. The van der Waals surface area contributed by atoms with Crippen LogP contribution in [0.3, 0.4) is 0 Å². The van der Waals surface area contributed by atoms with Crippen molar-refractivity contribution in [2.24, 2.45) is 21.9 Å². The quantitative estimate of drug-likeness (QED) is 0.294. The molecule has 0 aliphatic rings. The van der Waals surface area contributed by atoms with E-state index in [1.54, 1.807) is 20.8 Å². The summed E-state index contributed by atoms with van der Waals surface area (Å²) in [6.45, 7) is 5.51. The summed E-state index contributed by atoms with van der Waals surface area (Å²) in [7, 11) is 0. The van der Waals surface area contributed by atoms with E-state index in [-0.39, 0.29) is 18.3 Å². The highest BCUT2D eigenvalue weighted by Gasteiger charge is 2.26. The third kappa shape index (κ3) is 6.72. The zero-order chi connectivity index (χ0) is 14.3. The SMILES string of the molecule is CC(C)(C)C(=O)NC(CCCN=C(N)N)C(=O)O. The molecule has 0 fully saturated rings. The molecule has 0 saturated heterocycles. The predicted octanol–water partition coefficient (Wildman–Crippen LogP) is -0.344. The number of carboxylic acid groups (broad SMARTS) is 1. The Labute approximate surface area is 107 Å². The summed E-state index contributed by atoms with van der Waals surface area (Å²) in [6.07, 6.45) is 0.771. The predicted molar refractivity (Wildman–Crippen MR) is 68.9 cm³/mol. The van der Waals surface area contributed by atoms with Crippen molar-refractivity contribution in [1.82, 2.24) is 5.32 Å². The Morgan fingerprint density at radius 2 is 1.89 bits per heavy atom. The van der Waals surface area contributed by atoms with E-state index in [2.05, 4.69) is 10.3 Å². The van der Waals surface area contributed by atoms with E-state index in [0.29, 0.717) is 13.0 Å². The molecule has 104 valence electrons. The summed E-state index contributed by atoms with van der Waals surface area (Å²) in [5.74, 6) is -1.38. The molecule has 0 radical (unpaired) electrons. The van der Waals surface area contributed by atoms with Gasteiger partial charge in [-0.25, -0.2) is 4.79 Å². The van der Waals surface area contributed by atoms with E-state index in [4.69, 9.17) is 16.6 Å². The highest BCUT2D eigenvalue weighted by atomic mass is 16.4. The number of amides is 1. The van der Waals surface area contributed by atoms with Crippen LogP contribution in [0.2, 0.25) is 0 Å². The molecule has 0 rings (SSSR count). The maximum atomic E-state index is 11.7. The molecular formula is C11H22N4O3. The number of nitrogens with one attached hydrogen (secondary N) is 1. The highest BCUT2D eigenvalue weighted by molar-refractivity contribution is 5.86. The van der Waals surface area contributed by atoms with E-state index < -0.39 is 17.4 Å². The number of rotatable bonds is 6. The lowest BCUT2D eigenvalue weighted by Gasteiger charge is -2.21. The minimum absolute atomic E-state index is 0.0272. The van der Waals surface area contributed by atoms with Crippen LogP contribution in [0.4, 0.5) is 0 Å². The van der Waals surface area contributed by atoms with Gasteiger partial charge in [0.1, 0.15) is 6.04 Å². The Morgan fingerprint density at radius 1 is 1.33 bits per heavy atom. The van der Waals surface area contributed by atoms with E-state index in [1.807, 2.05) is 0 Å². The van der Waals surface area contributed by atoms with Crippen LogP contribution in [0.25, 0.3) is 0 Å². The van der Waals surface area contributed by atoms with E-state index in [0.717, 1.165) is 0 Å². The van der Waals surface area contributed by atoms with Gasteiger partial charge in [-0.2, -0.15) is 0 Å². The monoisotopic (exact) mass is 258 g/mol. The number of guanidine groups is 1. The second-order valence-corrected chi connectivity index (χ2v) is 5.06. The molecular weight excluding hydrogens is 236 g/mol. The third-order valence-corrected chi connectivity index (χ3v) is 2.23. The van der Waals surface area contributed by atoms with Crippen molar-refractivity contribution in [2.75, 3.05) is 6.54 Å². The lowest BCUT2D eigenvalue weighted by atomic mass is 9.95. The first-order valence-corrected chi connectivity index (χ1v) is 5.73. The summed E-state index contributed by atoms with van der Waals surface area (Å²) < 4.78 is 0. The molecule has 0 aromatic heterocycles. The Bertz CT molecular complexity index is 330. The molecule has 0 saturated carbocycles. The molecule has 7 heteroatoms. The van der Waals surface area contributed by atoms with Gasteiger partial charge in [-0.15, -0.1) is 0 Å². The van der Waals surface area contributed by atoms with Gasteiger partial charge < -0.3 is 21.9 Å². The van der Waals surface area contributed by atoms with Crippen molar-refractivity contribution in [1.29, 1.82) is 0 Å². The van der Waals surface area contributed by atoms with Gasteiger partial charge in [0.25, 0.3) is 0 Å². The van der Waals surface area contributed by atoms with Gasteiger partial charge in [0.05, 0.1) is 0 Å². The van der Waals surface area contributed by atoms with Gasteiger partial charge in [-0.3, -0.25) is 9.79 Å². The Balaban J connectivity index is 4.29. The first-order valence-electron chi connectivity index (χ1n) is 5.73. The highest BCUT2D eigenvalue weighted by Crippen LogP contribution is 2.13. The fraction of sp³-hybridized carbons (Fsp3) is 0.727. The summed E-state index contributed by atoms with van der Waals surface area (Å²) in [4.78, 5) is 26.4. The molecule has 0 aliphatic carbocycles. The van der Waals surface area contributed by atoms with E-state index in [1.165, 1.54) is 0 Å². The average Bonchev–Trinajstić information content (AvgIpc) is 2.19. The molecule has 6 N–H and O–H groups in total. The molecule has 0 spiro atoms. The summed E-state index contributed by atoms with van der Waals surface area (Å²) in [5, 5.41) is 11.5. The number of carboxylic acids is 1. The zero-order valence-corrected chi connectivity index (χ0v) is 11.1. The van der Waals surface area contributed by atoms with Gasteiger partial charge >= 0.3 is 5.97 Å². The van der Waals surface area contributed by atoms with Crippen LogP contribution in [0.5, 0.6) is 0 Å². The van der Waals surface area contributed by atoms with Gasteiger partial charge in [0, 0.05) is 12.0 Å². The van der Waals surface area contributed by atoms with Gasteiger partial charge in [-0.1, -0.05) is 20.8 Å². The lowest BCUT2D eigenvalue weighted by molar-refractivity contribution is -0.143. The molecule has 0 aromatic rings. The number of aliphatic imine (C=N–C) groups is 1.